The van der Waals surface area contributed by atoms with Crippen molar-refractivity contribution in [3.8, 4) is 0 Å². The van der Waals surface area contributed by atoms with E-state index in [1.54, 1.807) is 0 Å². The highest BCUT2D eigenvalue weighted by atomic mass is 16.6. The minimum atomic E-state index is -1.18. The molecule has 94 valence electrons. The molecule has 1 saturated heterocycles. The van der Waals surface area contributed by atoms with Crippen molar-refractivity contribution < 1.29 is 14.6 Å². The third kappa shape index (κ3) is 0.712. The van der Waals surface area contributed by atoms with E-state index in [4.69, 9.17) is 4.74 Å². The summed E-state index contributed by atoms with van der Waals surface area (Å²) in [6.07, 6.45) is 3.51. The fourth-order valence-corrected chi connectivity index (χ4v) is 5.50. The van der Waals surface area contributed by atoms with E-state index in [1.807, 2.05) is 0 Å². The van der Waals surface area contributed by atoms with Gasteiger partial charge in [-0.15, -0.1) is 0 Å². The van der Waals surface area contributed by atoms with Crippen LogP contribution in [0.2, 0.25) is 0 Å². The van der Waals surface area contributed by atoms with E-state index in [9.17, 15) is 9.90 Å². The zero-order valence-corrected chi connectivity index (χ0v) is 10.7. The van der Waals surface area contributed by atoms with Crippen LogP contribution in [0.4, 0.5) is 0 Å². The number of hydrogen-bond donors (Lipinski definition) is 1. The van der Waals surface area contributed by atoms with Crippen molar-refractivity contribution >= 4 is 5.78 Å². The summed E-state index contributed by atoms with van der Waals surface area (Å²) < 4.78 is 5.92. The molecule has 3 heteroatoms. The monoisotopic (exact) mass is 236 g/mol. The molecule has 5 atom stereocenters. The molecule has 3 nitrogen and oxygen atoms in total. The molecule has 0 amide bonds. The molecule has 3 aliphatic carbocycles. The van der Waals surface area contributed by atoms with Crippen LogP contribution in [0.1, 0.15) is 46.5 Å². The Balaban J connectivity index is 1.99. The van der Waals surface area contributed by atoms with Crippen molar-refractivity contribution in [3.63, 3.8) is 0 Å². The first kappa shape index (κ1) is 10.5. The smallest absolute Gasteiger partial charge is 0.171 e. The van der Waals surface area contributed by atoms with E-state index >= 15 is 0 Å². The predicted molar refractivity (Wildman–Crippen MR) is 61.4 cm³/mol. The second-order valence-corrected chi connectivity index (χ2v) is 7.25. The number of carbonyl (C=O) groups is 1. The number of aliphatic hydroxyl groups is 1. The third-order valence-electron chi connectivity index (χ3n) is 6.88. The highest BCUT2D eigenvalue weighted by molar-refractivity contribution is 5.95. The Labute approximate surface area is 102 Å². The summed E-state index contributed by atoms with van der Waals surface area (Å²) in [7, 11) is 0. The van der Waals surface area contributed by atoms with E-state index in [0.29, 0.717) is 6.42 Å². The normalized spacial score (nSPS) is 62.2. The second kappa shape index (κ2) is 2.35. The largest absolute Gasteiger partial charge is 0.379 e. The maximum atomic E-state index is 12.6. The number of epoxide rings is 1. The predicted octanol–water partition coefficient (Wildman–Crippen LogP) is 1.67. The van der Waals surface area contributed by atoms with Gasteiger partial charge in [-0.25, -0.2) is 0 Å². The second-order valence-electron chi connectivity index (χ2n) is 7.25. The van der Waals surface area contributed by atoms with Crippen molar-refractivity contribution in [1.82, 2.24) is 0 Å². The fourth-order valence-electron chi connectivity index (χ4n) is 5.50. The van der Waals surface area contributed by atoms with Gasteiger partial charge in [0.25, 0.3) is 0 Å². The van der Waals surface area contributed by atoms with Gasteiger partial charge in [-0.2, -0.15) is 0 Å². The van der Waals surface area contributed by atoms with Gasteiger partial charge in [-0.3, -0.25) is 4.79 Å². The SMILES string of the molecule is CC1(C)C2CCC1(C)[C@@]13O[C@@H]1CC[C@@]3(O)C2=O. The van der Waals surface area contributed by atoms with Crippen LogP contribution in [0.25, 0.3) is 0 Å². The summed E-state index contributed by atoms with van der Waals surface area (Å²) in [5, 5.41) is 10.9. The van der Waals surface area contributed by atoms with Crippen LogP contribution >= 0.6 is 0 Å². The number of fused-ring (bicyclic) bond motifs is 2. The first-order valence-electron chi connectivity index (χ1n) is 6.76. The molecule has 2 unspecified atom stereocenters. The minimum absolute atomic E-state index is 0.0195. The van der Waals surface area contributed by atoms with Gasteiger partial charge in [-0.1, -0.05) is 20.8 Å². The molecule has 4 fully saturated rings. The summed E-state index contributed by atoms with van der Waals surface area (Å²) in [4.78, 5) is 12.6. The number of hydrogen-bond acceptors (Lipinski definition) is 3. The number of ketones is 1. The van der Waals surface area contributed by atoms with E-state index in [1.165, 1.54) is 0 Å². The van der Waals surface area contributed by atoms with E-state index < -0.39 is 11.2 Å². The minimum Gasteiger partial charge on any atom is -0.379 e. The highest BCUT2D eigenvalue weighted by Gasteiger charge is 2.88. The van der Waals surface area contributed by atoms with Gasteiger partial charge in [0.1, 0.15) is 5.60 Å². The van der Waals surface area contributed by atoms with Gasteiger partial charge < -0.3 is 9.84 Å². The molecule has 2 bridgehead atoms. The van der Waals surface area contributed by atoms with E-state index in [-0.39, 0.29) is 28.6 Å². The molecule has 0 aromatic rings. The lowest BCUT2D eigenvalue weighted by Gasteiger charge is -2.54. The molecule has 0 aromatic heterocycles. The Kier molecular flexibility index (Phi) is 1.45. The number of ether oxygens (including phenoxy) is 1. The van der Waals surface area contributed by atoms with E-state index in [0.717, 1.165) is 19.3 Å². The lowest BCUT2D eigenvalue weighted by atomic mass is 9.49. The Hall–Kier alpha value is -0.410. The molecule has 17 heavy (non-hydrogen) atoms. The zero-order chi connectivity index (χ0) is 12.3. The topological polar surface area (TPSA) is 49.8 Å². The molecule has 0 radical (unpaired) electrons. The van der Waals surface area contributed by atoms with Crippen LogP contribution in [-0.4, -0.2) is 28.2 Å². The van der Waals surface area contributed by atoms with Crippen LogP contribution in [-0.2, 0) is 9.53 Å². The van der Waals surface area contributed by atoms with Crippen LogP contribution in [0.3, 0.4) is 0 Å². The summed E-state index contributed by atoms with van der Waals surface area (Å²) in [6.45, 7) is 6.61. The number of carbonyl (C=O) groups excluding carboxylic acids is 1. The van der Waals surface area contributed by atoms with Crippen LogP contribution in [0, 0.1) is 16.7 Å². The summed E-state index contributed by atoms with van der Waals surface area (Å²) in [5.41, 5.74) is -1.82. The quantitative estimate of drug-likeness (QED) is 0.651. The number of rotatable bonds is 0. The average Bonchev–Trinajstić information content (AvgIpc) is 2.88. The zero-order valence-electron chi connectivity index (χ0n) is 10.7. The Bertz CT molecular complexity index is 443. The average molecular weight is 236 g/mol. The number of Topliss-reactive ketones (excluding diaryl/α,β-unsaturated/α-hetero) is 1. The molecule has 1 spiro atoms. The Morgan fingerprint density at radius 2 is 1.94 bits per heavy atom. The van der Waals surface area contributed by atoms with Crippen LogP contribution in [0.15, 0.2) is 0 Å². The lowest BCUT2D eigenvalue weighted by molar-refractivity contribution is -0.185. The van der Waals surface area contributed by atoms with Crippen molar-refractivity contribution in [1.29, 1.82) is 0 Å². The summed E-state index contributed by atoms with van der Waals surface area (Å²) in [5.74, 6) is 0.0866. The maximum Gasteiger partial charge on any atom is 0.171 e. The maximum absolute atomic E-state index is 12.6. The van der Waals surface area contributed by atoms with Crippen LogP contribution in [0.5, 0.6) is 0 Å². The molecule has 1 N–H and O–H groups in total. The van der Waals surface area contributed by atoms with Crippen molar-refractivity contribution in [2.24, 2.45) is 16.7 Å². The third-order valence-corrected chi connectivity index (χ3v) is 6.88. The van der Waals surface area contributed by atoms with Gasteiger partial charge in [0.2, 0.25) is 0 Å². The molecule has 1 aliphatic heterocycles. The molecule has 4 rings (SSSR count). The Morgan fingerprint density at radius 3 is 2.59 bits per heavy atom. The molecule has 1 heterocycles. The first-order valence-corrected chi connectivity index (χ1v) is 6.76. The van der Waals surface area contributed by atoms with Crippen molar-refractivity contribution in [2.45, 2.75) is 63.8 Å². The van der Waals surface area contributed by atoms with Gasteiger partial charge in [0, 0.05) is 11.3 Å². The molecular formula is C14H20O3. The standard InChI is InChI=1S/C14H20O3/c1-11(2)8-4-6-12(11,3)14-9(17-14)5-7-13(14,16)10(8)15/h8-9,16H,4-7H2,1-3H3/t8?,9-,12?,13-,14+/m1/s1. The summed E-state index contributed by atoms with van der Waals surface area (Å²) >= 11 is 0. The Morgan fingerprint density at radius 1 is 1.24 bits per heavy atom. The first-order chi connectivity index (χ1) is 7.81. The van der Waals surface area contributed by atoms with E-state index in [2.05, 4.69) is 20.8 Å². The van der Waals surface area contributed by atoms with Crippen molar-refractivity contribution in [2.75, 3.05) is 0 Å². The molecule has 0 aromatic carbocycles. The molecule has 4 aliphatic rings. The van der Waals surface area contributed by atoms with Crippen molar-refractivity contribution in [3.05, 3.63) is 0 Å². The molecular weight excluding hydrogens is 216 g/mol. The summed E-state index contributed by atoms with van der Waals surface area (Å²) in [6, 6.07) is 0. The van der Waals surface area contributed by atoms with Crippen LogP contribution < -0.4 is 0 Å². The van der Waals surface area contributed by atoms with Gasteiger partial charge in [0.05, 0.1) is 6.10 Å². The lowest BCUT2D eigenvalue weighted by Crippen LogP contribution is -2.67. The van der Waals surface area contributed by atoms with Gasteiger partial charge in [0.15, 0.2) is 11.4 Å². The fraction of sp³-hybridized carbons (Fsp3) is 0.929. The van der Waals surface area contributed by atoms with Gasteiger partial charge >= 0.3 is 0 Å². The molecule has 3 saturated carbocycles. The van der Waals surface area contributed by atoms with Gasteiger partial charge in [-0.05, 0) is 31.1 Å². The highest BCUT2D eigenvalue weighted by Crippen LogP contribution is 2.78.